The van der Waals surface area contributed by atoms with Crippen LogP contribution >= 0.6 is 11.6 Å². The second-order valence-corrected chi connectivity index (χ2v) is 8.57. The largest absolute Gasteiger partial charge is 0.493 e. The molecule has 0 aliphatic heterocycles. The molecule has 0 fully saturated rings. The van der Waals surface area contributed by atoms with Crippen LogP contribution in [0.5, 0.6) is 11.5 Å². The van der Waals surface area contributed by atoms with E-state index in [4.69, 9.17) is 30.5 Å². The SMILES string of the molecule is COc1cc(Cl)c(/C=N\NC(=O)[C@H](COCc2ccccc2)NC(=O)OC(C)(C)C)cc1OC. The quantitative estimate of drug-likeness (QED) is 0.385. The van der Waals surface area contributed by atoms with Crippen molar-refractivity contribution in [3.8, 4) is 11.5 Å². The van der Waals surface area contributed by atoms with Crippen LogP contribution in [0.1, 0.15) is 31.9 Å². The zero-order valence-electron chi connectivity index (χ0n) is 19.9. The number of hydrazone groups is 1. The van der Waals surface area contributed by atoms with E-state index in [1.54, 1.807) is 32.9 Å². The Bertz CT molecular complexity index is 992. The zero-order chi connectivity index (χ0) is 25.1. The molecule has 0 saturated carbocycles. The van der Waals surface area contributed by atoms with E-state index in [-0.39, 0.29) is 13.2 Å². The molecule has 2 rings (SSSR count). The number of methoxy groups -OCH3 is 2. The minimum Gasteiger partial charge on any atom is -0.493 e. The van der Waals surface area contributed by atoms with Crippen LogP contribution < -0.4 is 20.2 Å². The van der Waals surface area contributed by atoms with Gasteiger partial charge >= 0.3 is 6.09 Å². The molecule has 0 unspecified atom stereocenters. The maximum absolute atomic E-state index is 12.7. The predicted molar refractivity (Wildman–Crippen MR) is 130 cm³/mol. The van der Waals surface area contributed by atoms with Crippen LogP contribution in [0, 0.1) is 0 Å². The molecule has 184 valence electrons. The molecular formula is C24H30ClN3O6. The maximum Gasteiger partial charge on any atom is 0.408 e. The third-order valence-electron chi connectivity index (χ3n) is 4.28. The minimum absolute atomic E-state index is 0.0907. The van der Waals surface area contributed by atoms with E-state index in [0.29, 0.717) is 22.1 Å². The highest BCUT2D eigenvalue weighted by Gasteiger charge is 2.24. The number of halogens is 1. The van der Waals surface area contributed by atoms with Gasteiger partial charge in [0.1, 0.15) is 11.6 Å². The number of hydrogen-bond donors (Lipinski definition) is 2. The standard InChI is InChI=1S/C24H30ClN3O6/c1-24(2,3)34-23(30)27-19(15-33-14-16-9-7-6-8-10-16)22(29)28-26-13-17-11-20(31-4)21(32-5)12-18(17)25/h6-13,19H,14-15H2,1-5H3,(H,27,30)(H,28,29)/b26-13-/t19-/m0/s1. The van der Waals surface area contributed by atoms with Crippen molar-refractivity contribution < 1.29 is 28.5 Å². The summed E-state index contributed by atoms with van der Waals surface area (Å²) in [7, 11) is 3.00. The average Bonchev–Trinajstić information content (AvgIpc) is 2.78. The van der Waals surface area contributed by atoms with E-state index in [1.165, 1.54) is 20.4 Å². The number of alkyl carbamates (subject to hydrolysis) is 1. The van der Waals surface area contributed by atoms with E-state index in [9.17, 15) is 9.59 Å². The summed E-state index contributed by atoms with van der Waals surface area (Å²) >= 11 is 6.24. The van der Waals surface area contributed by atoms with Crippen molar-refractivity contribution in [1.29, 1.82) is 0 Å². The first-order chi connectivity index (χ1) is 16.1. The first kappa shape index (κ1) is 26.9. The van der Waals surface area contributed by atoms with Crippen LogP contribution in [0.2, 0.25) is 5.02 Å². The van der Waals surface area contributed by atoms with Crippen molar-refractivity contribution in [2.45, 2.75) is 39.0 Å². The lowest BCUT2D eigenvalue weighted by molar-refractivity contribution is -0.124. The molecule has 9 nitrogen and oxygen atoms in total. The highest BCUT2D eigenvalue weighted by atomic mass is 35.5. The van der Waals surface area contributed by atoms with Crippen LogP contribution in [0.25, 0.3) is 0 Å². The lowest BCUT2D eigenvalue weighted by atomic mass is 10.2. The van der Waals surface area contributed by atoms with Gasteiger partial charge in [-0.3, -0.25) is 4.79 Å². The van der Waals surface area contributed by atoms with Gasteiger partial charge in [0, 0.05) is 11.6 Å². The fourth-order valence-electron chi connectivity index (χ4n) is 2.71. The molecule has 0 saturated heterocycles. The second kappa shape index (κ2) is 12.8. The number of ether oxygens (including phenoxy) is 4. The summed E-state index contributed by atoms with van der Waals surface area (Å²) in [6.07, 6.45) is 0.611. The van der Waals surface area contributed by atoms with Crippen LogP contribution in [0.3, 0.4) is 0 Å². The molecule has 0 heterocycles. The molecule has 2 aromatic carbocycles. The summed E-state index contributed by atoms with van der Waals surface area (Å²) in [6, 6.07) is 11.6. The number of benzene rings is 2. The van der Waals surface area contributed by atoms with E-state index in [1.807, 2.05) is 30.3 Å². The summed E-state index contributed by atoms with van der Waals surface area (Å²) < 4.78 is 21.3. The third kappa shape index (κ3) is 8.92. The van der Waals surface area contributed by atoms with Gasteiger partial charge in [-0.05, 0) is 32.4 Å². The third-order valence-corrected chi connectivity index (χ3v) is 4.61. The smallest absolute Gasteiger partial charge is 0.408 e. The Morgan fingerprint density at radius 3 is 2.35 bits per heavy atom. The van der Waals surface area contributed by atoms with Crippen molar-refractivity contribution >= 4 is 29.8 Å². The van der Waals surface area contributed by atoms with Gasteiger partial charge in [-0.15, -0.1) is 0 Å². The Balaban J connectivity index is 2.06. The number of nitrogens with one attached hydrogen (secondary N) is 2. The van der Waals surface area contributed by atoms with Crippen molar-refractivity contribution in [3.05, 3.63) is 58.6 Å². The molecule has 0 bridgehead atoms. The first-order valence-electron chi connectivity index (χ1n) is 10.5. The van der Waals surface area contributed by atoms with Crippen molar-refractivity contribution in [3.63, 3.8) is 0 Å². The molecule has 34 heavy (non-hydrogen) atoms. The summed E-state index contributed by atoms with van der Waals surface area (Å²) in [5, 5.41) is 6.82. The molecule has 0 aliphatic carbocycles. The molecule has 0 aliphatic rings. The van der Waals surface area contributed by atoms with Crippen LogP contribution in [-0.2, 0) is 20.9 Å². The lowest BCUT2D eigenvalue weighted by Crippen LogP contribution is -2.49. The van der Waals surface area contributed by atoms with E-state index < -0.39 is 23.6 Å². The molecule has 2 N–H and O–H groups in total. The Kier molecular flexibility index (Phi) is 10.2. The van der Waals surface area contributed by atoms with Crippen molar-refractivity contribution in [2.75, 3.05) is 20.8 Å². The van der Waals surface area contributed by atoms with Gasteiger partial charge in [0.05, 0.1) is 38.7 Å². The van der Waals surface area contributed by atoms with E-state index >= 15 is 0 Å². The maximum atomic E-state index is 12.7. The minimum atomic E-state index is -1.04. The molecule has 2 aromatic rings. The number of carbonyl (C=O) groups is 2. The predicted octanol–water partition coefficient (Wildman–Crippen LogP) is 3.92. The Morgan fingerprint density at radius 1 is 1.09 bits per heavy atom. The number of hydrogen-bond acceptors (Lipinski definition) is 7. The highest BCUT2D eigenvalue weighted by molar-refractivity contribution is 6.33. The normalized spacial score (nSPS) is 12.2. The number of rotatable bonds is 10. The summed E-state index contributed by atoms with van der Waals surface area (Å²) in [4.78, 5) is 25.0. The van der Waals surface area contributed by atoms with E-state index in [0.717, 1.165) is 5.56 Å². The second-order valence-electron chi connectivity index (χ2n) is 8.16. The Hall–Kier alpha value is -3.30. The van der Waals surface area contributed by atoms with Gasteiger partial charge in [-0.1, -0.05) is 41.9 Å². The average molecular weight is 492 g/mol. The van der Waals surface area contributed by atoms with Gasteiger partial charge < -0.3 is 24.3 Å². The summed E-state index contributed by atoms with van der Waals surface area (Å²) in [6.45, 7) is 5.36. The fourth-order valence-corrected chi connectivity index (χ4v) is 2.92. The fraction of sp³-hybridized carbons (Fsp3) is 0.375. The molecule has 0 aromatic heterocycles. The molecule has 0 spiro atoms. The topological polar surface area (TPSA) is 107 Å². The molecule has 10 heteroatoms. The van der Waals surface area contributed by atoms with Gasteiger partial charge in [0.25, 0.3) is 5.91 Å². The molecule has 2 amide bonds. The van der Waals surface area contributed by atoms with Crippen molar-refractivity contribution in [1.82, 2.24) is 10.7 Å². The lowest BCUT2D eigenvalue weighted by Gasteiger charge is -2.22. The number of amides is 2. The monoisotopic (exact) mass is 491 g/mol. The Morgan fingerprint density at radius 2 is 1.74 bits per heavy atom. The van der Waals surface area contributed by atoms with Gasteiger partial charge in [-0.2, -0.15) is 5.10 Å². The summed E-state index contributed by atoms with van der Waals surface area (Å²) in [5.41, 5.74) is 3.09. The van der Waals surface area contributed by atoms with Crippen LogP contribution in [-0.4, -0.2) is 50.7 Å². The van der Waals surface area contributed by atoms with Crippen LogP contribution in [0.15, 0.2) is 47.6 Å². The molecule has 0 radical (unpaired) electrons. The van der Waals surface area contributed by atoms with E-state index in [2.05, 4.69) is 15.8 Å². The van der Waals surface area contributed by atoms with Gasteiger partial charge in [-0.25, -0.2) is 10.2 Å². The number of nitrogens with zero attached hydrogens (tertiary/aromatic N) is 1. The van der Waals surface area contributed by atoms with Crippen LogP contribution in [0.4, 0.5) is 4.79 Å². The molecule has 1 atom stereocenters. The molecular weight excluding hydrogens is 462 g/mol. The zero-order valence-corrected chi connectivity index (χ0v) is 20.6. The highest BCUT2D eigenvalue weighted by Crippen LogP contribution is 2.32. The van der Waals surface area contributed by atoms with Gasteiger partial charge in [0.2, 0.25) is 0 Å². The first-order valence-corrected chi connectivity index (χ1v) is 10.9. The summed E-state index contributed by atoms with van der Waals surface area (Å²) in [5.74, 6) is 0.330. The number of carbonyl (C=O) groups excluding carboxylic acids is 2. The van der Waals surface area contributed by atoms with Crippen molar-refractivity contribution in [2.24, 2.45) is 5.10 Å². The van der Waals surface area contributed by atoms with Gasteiger partial charge in [0.15, 0.2) is 11.5 Å². The Labute approximate surface area is 204 Å².